The van der Waals surface area contributed by atoms with E-state index in [1.807, 2.05) is 42.5 Å². The third kappa shape index (κ3) is 5.59. The SMILES string of the molecule is COc1ccccc1CNC(=O)C1CCC(C(=O)NCc2ccccc2C)CC1. The van der Waals surface area contributed by atoms with Crippen LogP contribution in [0.15, 0.2) is 48.5 Å². The Hall–Kier alpha value is -2.82. The molecule has 29 heavy (non-hydrogen) atoms. The lowest BCUT2D eigenvalue weighted by molar-refractivity contribution is -0.130. The number of methoxy groups -OCH3 is 1. The van der Waals surface area contributed by atoms with E-state index >= 15 is 0 Å². The van der Waals surface area contributed by atoms with E-state index in [0.717, 1.165) is 42.6 Å². The maximum atomic E-state index is 12.5. The molecule has 5 heteroatoms. The van der Waals surface area contributed by atoms with Gasteiger partial charge in [0.15, 0.2) is 0 Å². The van der Waals surface area contributed by atoms with E-state index in [1.165, 1.54) is 5.56 Å². The number of benzene rings is 2. The molecule has 0 saturated heterocycles. The number of ether oxygens (including phenoxy) is 1. The van der Waals surface area contributed by atoms with Gasteiger partial charge in [0, 0.05) is 30.5 Å². The van der Waals surface area contributed by atoms with Gasteiger partial charge in [-0.15, -0.1) is 0 Å². The first kappa shape index (κ1) is 20.9. The normalized spacial score (nSPS) is 18.7. The van der Waals surface area contributed by atoms with Crippen LogP contribution in [-0.4, -0.2) is 18.9 Å². The highest BCUT2D eigenvalue weighted by molar-refractivity contribution is 5.81. The van der Waals surface area contributed by atoms with Crippen LogP contribution in [0.5, 0.6) is 5.75 Å². The van der Waals surface area contributed by atoms with Crippen LogP contribution in [-0.2, 0) is 22.7 Å². The monoisotopic (exact) mass is 394 g/mol. The number of rotatable bonds is 7. The molecule has 1 aliphatic rings. The minimum absolute atomic E-state index is 0.00251. The van der Waals surface area contributed by atoms with Crippen LogP contribution in [0.2, 0.25) is 0 Å². The van der Waals surface area contributed by atoms with E-state index in [0.29, 0.717) is 13.1 Å². The van der Waals surface area contributed by atoms with Crippen LogP contribution in [0.1, 0.15) is 42.4 Å². The van der Waals surface area contributed by atoms with Crippen molar-refractivity contribution in [2.45, 2.75) is 45.7 Å². The lowest BCUT2D eigenvalue weighted by Crippen LogP contribution is -2.37. The highest BCUT2D eigenvalue weighted by Gasteiger charge is 2.29. The molecule has 2 aromatic rings. The lowest BCUT2D eigenvalue weighted by atomic mass is 9.81. The first-order valence-corrected chi connectivity index (χ1v) is 10.3. The molecular formula is C24H30N2O3. The lowest BCUT2D eigenvalue weighted by Gasteiger charge is -2.27. The molecule has 0 aromatic heterocycles. The Morgan fingerprint density at radius 3 is 1.86 bits per heavy atom. The third-order valence-corrected chi connectivity index (χ3v) is 5.83. The number of carbonyl (C=O) groups is 2. The number of hydrogen-bond acceptors (Lipinski definition) is 3. The number of aryl methyl sites for hydroxylation is 1. The number of para-hydroxylation sites is 1. The first-order chi connectivity index (χ1) is 14.1. The second-order valence-electron chi connectivity index (χ2n) is 7.72. The second-order valence-corrected chi connectivity index (χ2v) is 7.72. The fraction of sp³-hybridized carbons (Fsp3) is 0.417. The molecule has 0 bridgehead atoms. The minimum atomic E-state index is -0.0230. The predicted octanol–water partition coefficient (Wildman–Crippen LogP) is 3.74. The fourth-order valence-electron chi connectivity index (χ4n) is 3.93. The van der Waals surface area contributed by atoms with Gasteiger partial charge in [-0.2, -0.15) is 0 Å². The molecule has 2 amide bonds. The van der Waals surface area contributed by atoms with Crippen molar-refractivity contribution in [2.75, 3.05) is 7.11 Å². The summed E-state index contributed by atoms with van der Waals surface area (Å²) < 4.78 is 5.33. The molecule has 154 valence electrons. The van der Waals surface area contributed by atoms with Gasteiger partial charge in [0.2, 0.25) is 11.8 Å². The molecule has 3 rings (SSSR count). The molecule has 0 unspecified atom stereocenters. The zero-order chi connectivity index (χ0) is 20.6. The molecule has 0 atom stereocenters. The summed E-state index contributed by atoms with van der Waals surface area (Å²) in [5.74, 6) is 0.917. The minimum Gasteiger partial charge on any atom is -0.496 e. The number of amides is 2. The molecule has 1 fully saturated rings. The van der Waals surface area contributed by atoms with Crippen LogP contribution < -0.4 is 15.4 Å². The van der Waals surface area contributed by atoms with Crippen LogP contribution in [0.3, 0.4) is 0 Å². The number of hydrogen-bond donors (Lipinski definition) is 2. The number of carbonyl (C=O) groups excluding carboxylic acids is 2. The van der Waals surface area contributed by atoms with E-state index in [-0.39, 0.29) is 23.7 Å². The van der Waals surface area contributed by atoms with Crippen molar-refractivity contribution in [3.8, 4) is 5.75 Å². The largest absolute Gasteiger partial charge is 0.496 e. The van der Waals surface area contributed by atoms with E-state index in [4.69, 9.17) is 4.74 Å². The summed E-state index contributed by atoms with van der Waals surface area (Å²) in [6, 6.07) is 15.8. The van der Waals surface area contributed by atoms with Crippen LogP contribution in [0.25, 0.3) is 0 Å². The van der Waals surface area contributed by atoms with E-state index in [9.17, 15) is 9.59 Å². The van der Waals surface area contributed by atoms with Crippen molar-refractivity contribution in [1.82, 2.24) is 10.6 Å². The molecule has 0 aliphatic heterocycles. The van der Waals surface area contributed by atoms with Gasteiger partial charge in [0.05, 0.1) is 7.11 Å². The summed E-state index contributed by atoms with van der Waals surface area (Å²) >= 11 is 0. The van der Waals surface area contributed by atoms with Gasteiger partial charge in [-0.05, 0) is 49.8 Å². The summed E-state index contributed by atoms with van der Waals surface area (Å²) in [5, 5.41) is 6.08. The van der Waals surface area contributed by atoms with Crippen molar-refractivity contribution in [3.05, 3.63) is 65.2 Å². The van der Waals surface area contributed by atoms with Crippen LogP contribution in [0, 0.1) is 18.8 Å². The summed E-state index contributed by atoms with van der Waals surface area (Å²) in [4.78, 5) is 25.1. The Morgan fingerprint density at radius 1 is 0.828 bits per heavy atom. The van der Waals surface area contributed by atoms with Gasteiger partial charge in [0.25, 0.3) is 0 Å². The Kier molecular flexibility index (Phi) is 7.28. The summed E-state index contributed by atoms with van der Waals surface area (Å²) in [5.41, 5.74) is 3.29. The topological polar surface area (TPSA) is 67.4 Å². The first-order valence-electron chi connectivity index (χ1n) is 10.3. The van der Waals surface area contributed by atoms with Gasteiger partial charge in [0.1, 0.15) is 5.75 Å². The Labute approximate surface area is 172 Å². The number of nitrogens with one attached hydrogen (secondary N) is 2. The Bertz CT molecular complexity index is 842. The third-order valence-electron chi connectivity index (χ3n) is 5.83. The van der Waals surface area contributed by atoms with Crippen LogP contribution in [0.4, 0.5) is 0 Å². The summed E-state index contributed by atoms with van der Waals surface area (Å²) in [6.45, 7) is 3.07. The molecular weight excluding hydrogens is 364 g/mol. The van der Waals surface area contributed by atoms with Crippen molar-refractivity contribution >= 4 is 11.8 Å². The second kappa shape index (κ2) is 10.1. The molecule has 2 N–H and O–H groups in total. The Morgan fingerprint density at radius 2 is 1.31 bits per heavy atom. The van der Waals surface area contributed by atoms with Gasteiger partial charge in [-0.1, -0.05) is 42.5 Å². The fourth-order valence-corrected chi connectivity index (χ4v) is 3.93. The average Bonchev–Trinajstić information content (AvgIpc) is 2.77. The van der Waals surface area contributed by atoms with E-state index in [1.54, 1.807) is 7.11 Å². The van der Waals surface area contributed by atoms with E-state index < -0.39 is 0 Å². The molecule has 1 aliphatic carbocycles. The van der Waals surface area contributed by atoms with Crippen molar-refractivity contribution in [2.24, 2.45) is 11.8 Å². The van der Waals surface area contributed by atoms with Gasteiger partial charge < -0.3 is 15.4 Å². The van der Waals surface area contributed by atoms with Crippen molar-refractivity contribution in [3.63, 3.8) is 0 Å². The van der Waals surface area contributed by atoms with Crippen molar-refractivity contribution in [1.29, 1.82) is 0 Å². The highest BCUT2D eigenvalue weighted by Crippen LogP contribution is 2.29. The standard InChI is InChI=1S/C24H30N2O3/c1-17-7-3-4-8-20(17)15-25-23(27)18-11-13-19(14-12-18)24(28)26-16-21-9-5-6-10-22(21)29-2/h3-10,18-19H,11-16H2,1-2H3,(H,25,27)(H,26,28). The molecule has 1 saturated carbocycles. The molecule has 5 nitrogen and oxygen atoms in total. The smallest absolute Gasteiger partial charge is 0.223 e. The zero-order valence-corrected chi connectivity index (χ0v) is 17.2. The zero-order valence-electron chi connectivity index (χ0n) is 17.2. The summed E-state index contributed by atoms with van der Waals surface area (Å²) in [7, 11) is 1.63. The van der Waals surface area contributed by atoms with Gasteiger partial charge >= 0.3 is 0 Å². The highest BCUT2D eigenvalue weighted by atomic mass is 16.5. The van der Waals surface area contributed by atoms with Crippen molar-refractivity contribution < 1.29 is 14.3 Å². The summed E-state index contributed by atoms with van der Waals surface area (Å²) in [6.07, 6.45) is 3.01. The molecule has 2 aromatic carbocycles. The molecule has 0 heterocycles. The predicted molar refractivity (Wildman–Crippen MR) is 113 cm³/mol. The van der Waals surface area contributed by atoms with E-state index in [2.05, 4.69) is 23.6 Å². The average molecular weight is 395 g/mol. The maximum Gasteiger partial charge on any atom is 0.223 e. The van der Waals surface area contributed by atoms with Crippen LogP contribution >= 0.6 is 0 Å². The van der Waals surface area contributed by atoms with Gasteiger partial charge in [-0.3, -0.25) is 9.59 Å². The maximum absolute atomic E-state index is 12.5. The molecule has 0 radical (unpaired) electrons. The quantitative estimate of drug-likeness (QED) is 0.752. The molecule has 0 spiro atoms. The van der Waals surface area contributed by atoms with Gasteiger partial charge in [-0.25, -0.2) is 0 Å². The Balaban J connectivity index is 1.43.